The van der Waals surface area contributed by atoms with Crippen molar-refractivity contribution in [1.29, 1.82) is 0 Å². The number of halogens is 1. The van der Waals surface area contributed by atoms with E-state index in [0.29, 0.717) is 11.3 Å². The van der Waals surface area contributed by atoms with Crippen molar-refractivity contribution in [3.63, 3.8) is 0 Å². The molecule has 0 atom stereocenters. The molecule has 2 N–H and O–H groups in total. The minimum atomic E-state index is -4.06. The molecule has 3 aromatic rings. The Labute approximate surface area is 171 Å². The summed E-state index contributed by atoms with van der Waals surface area (Å²) < 4.78 is 40.6. The van der Waals surface area contributed by atoms with Gasteiger partial charge >= 0.3 is 0 Å². The van der Waals surface area contributed by atoms with Crippen molar-refractivity contribution in [2.45, 2.75) is 11.8 Å². The first kappa shape index (κ1) is 20.9. The Morgan fingerprint density at radius 3 is 2.40 bits per heavy atom. The molecule has 0 spiro atoms. The van der Waals surface area contributed by atoms with Gasteiger partial charge in [-0.05, 0) is 55.0 Å². The SMILES string of the molecule is Cc1ccc(F)cc1NC(=O)c1ccc(NS(=O)(=O)c2cccc([N+](=O)[O-])c2)cc1. The number of sulfonamides is 1. The molecule has 10 heteroatoms. The molecule has 0 fully saturated rings. The summed E-state index contributed by atoms with van der Waals surface area (Å²) in [5, 5.41) is 13.4. The average molecular weight is 429 g/mol. The molecule has 0 aliphatic rings. The van der Waals surface area contributed by atoms with Crippen molar-refractivity contribution in [3.05, 3.63) is 93.8 Å². The molecule has 0 saturated heterocycles. The van der Waals surface area contributed by atoms with Gasteiger partial charge in [0.2, 0.25) is 0 Å². The summed E-state index contributed by atoms with van der Waals surface area (Å²) in [6.45, 7) is 1.72. The number of anilines is 2. The molecule has 30 heavy (non-hydrogen) atoms. The van der Waals surface area contributed by atoms with Crippen LogP contribution in [0.4, 0.5) is 21.5 Å². The van der Waals surface area contributed by atoms with Crippen LogP contribution in [0.1, 0.15) is 15.9 Å². The summed E-state index contributed by atoms with van der Waals surface area (Å²) in [4.78, 5) is 22.3. The van der Waals surface area contributed by atoms with Gasteiger partial charge < -0.3 is 5.32 Å². The van der Waals surface area contributed by atoms with Crippen LogP contribution in [-0.4, -0.2) is 19.2 Å². The monoisotopic (exact) mass is 429 g/mol. The van der Waals surface area contributed by atoms with Gasteiger partial charge in [-0.1, -0.05) is 12.1 Å². The van der Waals surface area contributed by atoms with Crippen LogP contribution in [-0.2, 0) is 10.0 Å². The topological polar surface area (TPSA) is 118 Å². The normalized spacial score (nSPS) is 11.0. The molecule has 0 radical (unpaired) electrons. The van der Waals surface area contributed by atoms with Crippen molar-refractivity contribution in [2.75, 3.05) is 10.0 Å². The quantitative estimate of drug-likeness (QED) is 0.452. The van der Waals surface area contributed by atoms with Gasteiger partial charge in [0, 0.05) is 29.1 Å². The number of amides is 1. The number of aryl methyl sites for hydroxylation is 1. The van der Waals surface area contributed by atoms with Gasteiger partial charge in [-0.3, -0.25) is 19.6 Å². The maximum absolute atomic E-state index is 13.4. The van der Waals surface area contributed by atoms with E-state index >= 15 is 0 Å². The van der Waals surface area contributed by atoms with Crippen molar-refractivity contribution in [2.24, 2.45) is 0 Å². The standard InChI is InChI=1S/C20H16FN3O5S/c1-13-5-8-15(21)11-19(13)22-20(25)14-6-9-16(10-7-14)23-30(28,29)18-4-2-3-17(12-18)24(26)27/h2-12,23H,1H3,(H,22,25). The maximum atomic E-state index is 13.4. The number of hydrogen-bond donors (Lipinski definition) is 2. The molecular weight excluding hydrogens is 413 g/mol. The van der Waals surface area contributed by atoms with Crippen LogP contribution in [0.25, 0.3) is 0 Å². The predicted molar refractivity (Wildman–Crippen MR) is 109 cm³/mol. The minimum absolute atomic E-state index is 0.167. The number of rotatable bonds is 6. The first-order valence-electron chi connectivity index (χ1n) is 8.60. The Morgan fingerprint density at radius 2 is 1.73 bits per heavy atom. The van der Waals surface area contributed by atoms with Crippen molar-refractivity contribution in [3.8, 4) is 0 Å². The Morgan fingerprint density at radius 1 is 1.03 bits per heavy atom. The predicted octanol–water partition coefficient (Wildman–Crippen LogP) is 4.10. The average Bonchev–Trinajstić information content (AvgIpc) is 2.71. The molecule has 0 heterocycles. The lowest BCUT2D eigenvalue weighted by Crippen LogP contribution is -2.15. The number of carbonyl (C=O) groups excluding carboxylic acids is 1. The summed E-state index contributed by atoms with van der Waals surface area (Å²) in [5.41, 5.74) is 1.07. The van der Waals surface area contributed by atoms with Crippen molar-refractivity contribution < 1.29 is 22.5 Å². The Kier molecular flexibility index (Phi) is 5.79. The van der Waals surface area contributed by atoms with Gasteiger partial charge in [-0.25, -0.2) is 12.8 Å². The zero-order valence-corrected chi connectivity index (χ0v) is 16.4. The zero-order chi connectivity index (χ0) is 21.9. The highest BCUT2D eigenvalue weighted by Gasteiger charge is 2.18. The molecule has 3 aromatic carbocycles. The fraction of sp³-hybridized carbons (Fsp3) is 0.0500. The highest BCUT2D eigenvalue weighted by atomic mass is 32.2. The molecule has 3 rings (SSSR count). The summed E-state index contributed by atoms with van der Waals surface area (Å²) in [6, 6.07) is 14.2. The number of nitro benzene ring substituents is 1. The second kappa shape index (κ2) is 8.29. The van der Waals surface area contributed by atoms with Crippen LogP contribution in [0.15, 0.2) is 71.6 Å². The van der Waals surface area contributed by atoms with E-state index < -0.39 is 26.7 Å². The van der Waals surface area contributed by atoms with Crippen LogP contribution in [0.5, 0.6) is 0 Å². The van der Waals surface area contributed by atoms with Gasteiger partial charge in [0.05, 0.1) is 9.82 Å². The Hall–Kier alpha value is -3.79. The molecular formula is C20H16FN3O5S. The highest BCUT2D eigenvalue weighted by molar-refractivity contribution is 7.92. The summed E-state index contributed by atoms with van der Waals surface area (Å²) in [6.07, 6.45) is 0. The van der Waals surface area contributed by atoms with Crippen LogP contribution in [0.2, 0.25) is 0 Å². The fourth-order valence-corrected chi connectivity index (χ4v) is 3.69. The number of non-ortho nitro benzene ring substituents is 1. The molecule has 0 aliphatic carbocycles. The second-order valence-corrected chi connectivity index (χ2v) is 8.03. The summed E-state index contributed by atoms with van der Waals surface area (Å²) in [7, 11) is -4.06. The van der Waals surface area contributed by atoms with Crippen molar-refractivity contribution in [1.82, 2.24) is 0 Å². The number of carbonyl (C=O) groups is 1. The number of benzene rings is 3. The zero-order valence-electron chi connectivity index (χ0n) is 15.6. The van der Waals surface area contributed by atoms with E-state index in [-0.39, 0.29) is 21.8 Å². The molecule has 8 nitrogen and oxygen atoms in total. The lowest BCUT2D eigenvalue weighted by molar-refractivity contribution is -0.385. The van der Waals surface area contributed by atoms with Crippen LogP contribution < -0.4 is 10.0 Å². The third-order valence-electron chi connectivity index (χ3n) is 4.19. The van der Waals surface area contributed by atoms with Crippen LogP contribution >= 0.6 is 0 Å². The Bertz CT molecular complexity index is 1230. The largest absolute Gasteiger partial charge is 0.322 e. The number of hydrogen-bond acceptors (Lipinski definition) is 5. The molecule has 154 valence electrons. The smallest absolute Gasteiger partial charge is 0.270 e. The first-order chi connectivity index (χ1) is 14.2. The molecule has 0 unspecified atom stereocenters. The lowest BCUT2D eigenvalue weighted by atomic mass is 10.1. The van der Waals surface area contributed by atoms with Crippen LogP contribution in [0.3, 0.4) is 0 Å². The maximum Gasteiger partial charge on any atom is 0.270 e. The van der Waals surface area contributed by atoms with E-state index in [1.807, 2.05) is 0 Å². The third kappa shape index (κ3) is 4.78. The highest BCUT2D eigenvalue weighted by Crippen LogP contribution is 2.21. The van der Waals surface area contributed by atoms with E-state index in [1.165, 1.54) is 60.7 Å². The van der Waals surface area contributed by atoms with Gasteiger partial charge in [-0.2, -0.15) is 0 Å². The van der Waals surface area contributed by atoms with Crippen LogP contribution in [0, 0.1) is 22.9 Å². The fourth-order valence-electron chi connectivity index (χ4n) is 2.59. The number of nitrogens with one attached hydrogen (secondary N) is 2. The van der Waals surface area contributed by atoms with Crippen molar-refractivity contribution >= 4 is 33.0 Å². The second-order valence-electron chi connectivity index (χ2n) is 6.35. The van der Waals surface area contributed by atoms with Gasteiger partial charge in [0.25, 0.3) is 21.6 Å². The Balaban J connectivity index is 1.75. The molecule has 0 saturated carbocycles. The molecule has 0 aliphatic heterocycles. The van der Waals surface area contributed by atoms with E-state index in [4.69, 9.17) is 0 Å². The van der Waals surface area contributed by atoms with E-state index in [0.717, 1.165) is 6.07 Å². The van der Waals surface area contributed by atoms with E-state index in [9.17, 15) is 27.7 Å². The molecule has 1 amide bonds. The first-order valence-corrected chi connectivity index (χ1v) is 10.1. The lowest BCUT2D eigenvalue weighted by Gasteiger charge is -2.10. The minimum Gasteiger partial charge on any atom is -0.322 e. The van der Waals surface area contributed by atoms with Gasteiger partial charge in [0.1, 0.15) is 5.82 Å². The molecule has 0 bridgehead atoms. The van der Waals surface area contributed by atoms with Gasteiger partial charge in [0.15, 0.2) is 0 Å². The van der Waals surface area contributed by atoms with E-state index in [1.54, 1.807) is 6.92 Å². The molecule has 0 aromatic heterocycles. The number of nitrogens with zero attached hydrogens (tertiary/aromatic N) is 1. The van der Waals surface area contributed by atoms with Gasteiger partial charge in [-0.15, -0.1) is 0 Å². The number of nitro groups is 1. The third-order valence-corrected chi connectivity index (χ3v) is 5.56. The summed E-state index contributed by atoms with van der Waals surface area (Å²) >= 11 is 0. The summed E-state index contributed by atoms with van der Waals surface area (Å²) in [5.74, 6) is -0.974. The van der Waals surface area contributed by atoms with E-state index in [2.05, 4.69) is 10.0 Å².